The molecule has 0 aliphatic rings. The first-order chi connectivity index (χ1) is 7.83. The van der Waals surface area contributed by atoms with Gasteiger partial charge in [-0.1, -0.05) is 0 Å². The van der Waals surface area contributed by atoms with E-state index in [9.17, 15) is 18.0 Å². The van der Waals surface area contributed by atoms with Gasteiger partial charge in [-0.2, -0.15) is 13.2 Å². The molecule has 1 heterocycles. The molecule has 0 radical (unpaired) electrons. The maximum atomic E-state index is 12.0. The fraction of sp³-hybridized carbons (Fsp3) is 0.556. The third-order valence-corrected chi connectivity index (χ3v) is 2.47. The minimum Gasteiger partial charge on any atom is -0.467 e. The number of nitrogens with zero attached hydrogens (tertiary/aromatic N) is 1. The lowest BCUT2D eigenvalue weighted by Gasteiger charge is -2.07. The largest absolute Gasteiger partial charge is 0.467 e. The Balaban J connectivity index is 2.81. The van der Waals surface area contributed by atoms with Gasteiger partial charge in [0.1, 0.15) is 0 Å². The lowest BCUT2D eigenvalue weighted by molar-refractivity contribution is -0.154. The van der Waals surface area contributed by atoms with Gasteiger partial charge in [-0.25, -0.2) is 9.78 Å². The van der Waals surface area contributed by atoms with E-state index in [0.717, 1.165) is 11.3 Å². The van der Waals surface area contributed by atoms with Crippen LogP contribution in [-0.2, 0) is 4.74 Å². The van der Waals surface area contributed by atoms with Gasteiger partial charge in [-0.05, 0) is 13.8 Å². The van der Waals surface area contributed by atoms with Gasteiger partial charge in [0.25, 0.3) is 0 Å². The summed E-state index contributed by atoms with van der Waals surface area (Å²) in [4.78, 5) is 15.1. The van der Waals surface area contributed by atoms with Crippen molar-refractivity contribution < 1.29 is 27.4 Å². The van der Waals surface area contributed by atoms with Crippen LogP contribution in [-0.4, -0.2) is 30.3 Å². The number of rotatable bonds is 4. The third kappa shape index (κ3) is 4.22. The average Bonchev–Trinajstić information content (AvgIpc) is 2.56. The van der Waals surface area contributed by atoms with Crippen LogP contribution in [0.25, 0.3) is 0 Å². The van der Waals surface area contributed by atoms with Crippen molar-refractivity contribution in [1.29, 1.82) is 0 Å². The highest BCUT2D eigenvalue weighted by Crippen LogP contribution is 2.27. The van der Waals surface area contributed by atoms with Crippen LogP contribution in [0.15, 0.2) is 0 Å². The topological polar surface area (TPSA) is 48.4 Å². The van der Waals surface area contributed by atoms with Crippen LogP contribution in [0.2, 0.25) is 0 Å². The predicted molar refractivity (Wildman–Crippen MR) is 54.4 cm³/mol. The molecule has 0 fully saturated rings. The quantitative estimate of drug-likeness (QED) is 0.788. The van der Waals surface area contributed by atoms with Crippen molar-refractivity contribution in [1.82, 2.24) is 4.98 Å². The second-order valence-electron chi connectivity index (χ2n) is 2.99. The highest BCUT2D eigenvalue weighted by atomic mass is 32.1. The van der Waals surface area contributed by atoms with Crippen molar-refractivity contribution in [2.45, 2.75) is 20.0 Å². The Morgan fingerprint density at radius 3 is 2.65 bits per heavy atom. The summed E-state index contributed by atoms with van der Waals surface area (Å²) in [5, 5.41) is 0.435. The van der Waals surface area contributed by atoms with E-state index in [1.54, 1.807) is 13.8 Å². The van der Waals surface area contributed by atoms with Crippen LogP contribution in [0.1, 0.15) is 21.6 Å². The number of halogens is 3. The van der Waals surface area contributed by atoms with E-state index < -0.39 is 18.8 Å². The standard InChI is InChI=1S/C9H10F3NO3S/c1-3-15-8(14)6-7(13-5(2)17-6)16-4-9(10,11)12/h3-4H2,1-2H3. The zero-order valence-electron chi connectivity index (χ0n) is 9.13. The number of carbonyl (C=O) groups excluding carboxylic acids is 1. The summed E-state index contributed by atoms with van der Waals surface area (Å²) in [6.45, 7) is 1.81. The number of hydrogen-bond acceptors (Lipinski definition) is 5. The van der Waals surface area contributed by atoms with Gasteiger partial charge < -0.3 is 9.47 Å². The van der Waals surface area contributed by atoms with E-state index >= 15 is 0 Å². The first kappa shape index (κ1) is 13.8. The van der Waals surface area contributed by atoms with Crippen molar-refractivity contribution in [3.8, 4) is 5.88 Å². The molecule has 1 rings (SSSR count). The van der Waals surface area contributed by atoms with Crippen LogP contribution < -0.4 is 4.74 Å². The fourth-order valence-corrected chi connectivity index (χ4v) is 1.74. The molecule has 0 unspecified atom stereocenters. The Bertz CT molecular complexity index is 403. The number of ether oxygens (including phenoxy) is 2. The molecule has 0 saturated heterocycles. The van der Waals surface area contributed by atoms with Crippen molar-refractivity contribution in [2.24, 2.45) is 0 Å². The van der Waals surface area contributed by atoms with Gasteiger partial charge in [0.2, 0.25) is 5.88 Å². The number of alkyl halides is 3. The highest BCUT2D eigenvalue weighted by Gasteiger charge is 2.30. The predicted octanol–water partition coefficient (Wildman–Crippen LogP) is 2.57. The monoisotopic (exact) mass is 269 g/mol. The molecule has 1 aromatic heterocycles. The van der Waals surface area contributed by atoms with Crippen LogP contribution in [0.4, 0.5) is 13.2 Å². The zero-order chi connectivity index (χ0) is 13.1. The Hall–Kier alpha value is -1.31. The second-order valence-corrected chi connectivity index (χ2v) is 4.19. The lowest BCUT2D eigenvalue weighted by atomic mass is 10.5. The van der Waals surface area contributed by atoms with Crippen molar-refractivity contribution in [3.05, 3.63) is 9.88 Å². The molecule has 96 valence electrons. The zero-order valence-corrected chi connectivity index (χ0v) is 9.94. The molecular formula is C9H10F3NO3S. The maximum absolute atomic E-state index is 12.0. The SMILES string of the molecule is CCOC(=O)c1sc(C)nc1OCC(F)(F)F. The van der Waals surface area contributed by atoms with Crippen LogP contribution in [0, 0.1) is 6.92 Å². The normalized spacial score (nSPS) is 11.4. The maximum Gasteiger partial charge on any atom is 0.422 e. The summed E-state index contributed by atoms with van der Waals surface area (Å²) in [7, 11) is 0. The molecule has 0 bridgehead atoms. The fourth-order valence-electron chi connectivity index (χ4n) is 0.982. The lowest BCUT2D eigenvalue weighted by Crippen LogP contribution is -2.20. The molecule has 0 amide bonds. The molecule has 17 heavy (non-hydrogen) atoms. The molecule has 0 aliphatic carbocycles. The van der Waals surface area contributed by atoms with Gasteiger partial charge in [0.05, 0.1) is 11.6 Å². The van der Waals surface area contributed by atoms with E-state index in [0.29, 0.717) is 5.01 Å². The summed E-state index contributed by atoms with van der Waals surface area (Å²) in [6.07, 6.45) is -4.47. The van der Waals surface area contributed by atoms with E-state index in [1.165, 1.54) is 0 Å². The molecule has 1 aromatic rings. The summed E-state index contributed by atoms with van der Waals surface area (Å²) < 4.78 is 45.0. The van der Waals surface area contributed by atoms with E-state index in [2.05, 4.69) is 14.5 Å². The molecule has 8 heteroatoms. The van der Waals surface area contributed by atoms with Gasteiger partial charge >= 0.3 is 12.1 Å². The molecule has 0 aromatic carbocycles. The van der Waals surface area contributed by atoms with E-state index in [4.69, 9.17) is 0 Å². The molecular weight excluding hydrogens is 259 g/mol. The molecule has 4 nitrogen and oxygen atoms in total. The van der Waals surface area contributed by atoms with E-state index in [-0.39, 0.29) is 17.4 Å². The van der Waals surface area contributed by atoms with Crippen LogP contribution in [0.3, 0.4) is 0 Å². The van der Waals surface area contributed by atoms with Crippen LogP contribution in [0.5, 0.6) is 5.88 Å². The summed E-state index contributed by atoms with van der Waals surface area (Å²) in [5.41, 5.74) is 0. The number of esters is 1. The van der Waals surface area contributed by atoms with Crippen molar-refractivity contribution >= 4 is 17.3 Å². The van der Waals surface area contributed by atoms with Gasteiger partial charge in [-0.15, -0.1) is 11.3 Å². The summed E-state index contributed by atoms with van der Waals surface area (Å²) in [6, 6.07) is 0. The smallest absolute Gasteiger partial charge is 0.422 e. The number of aromatic nitrogens is 1. The molecule has 0 atom stereocenters. The molecule has 0 saturated carbocycles. The number of thiazole rings is 1. The van der Waals surface area contributed by atoms with Crippen LogP contribution >= 0.6 is 11.3 Å². The Labute approximate surface area is 99.4 Å². The molecule has 0 aliphatic heterocycles. The minimum atomic E-state index is -4.47. The first-order valence-electron chi connectivity index (χ1n) is 4.67. The first-order valence-corrected chi connectivity index (χ1v) is 5.49. The van der Waals surface area contributed by atoms with Gasteiger partial charge in [-0.3, -0.25) is 0 Å². The van der Waals surface area contributed by atoms with Crippen molar-refractivity contribution in [3.63, 3.8) is 0 Å². The number of carbonyl (C=O) groups is 1. The summed E-state index contributed by atoms with van der Waals surface area (Å²) >= 11 is 0.935. The number of hydrogen-bond donors (Lipinski definition) is 0. The summed E-state index contributed by atoms with van der Waals surface area (Å²) in [5.74, 6) is -1.06. The minimum absolute atomic E-state index is 0.0476. The third-order valence-electron chi connectivity index (χ3n) is 1.54. The van der Waals surface area contributed by atoms with Gasteiger partial charge in [0.15, 0.2) is 11.5 Å². The second kappa shape index (κ2) is 5.35. The number of aryl methyl sites for hydroxylation is 1. The molecule has 0 N–H and O–H groups in total. The molecule has 0 spiro atoms. The van der Waals surface area contributed by atoms with Gasteiger partial charge in [0, 0.05) is 0 Å². The van der Waals surface area contributed by atoms with E-state index in [1.807, 2.05) is 0 Å². The Kier molecular flexibility index (Phi) is 4.33. The Morgan fingerprint density at radius 2 is 2.12 bits per heavy atom. The Morgan fingerprint density at radius 1 is 1.47 bits per heavy atom. The highest BCUT2D eigenvalue weighted by molar-refractivity contribution is 7.13. The average molecular weight is 269 g/mol. The van der Waals surface area contributed by atoms with Crippen molar-refractivity contribution in [2.75, 3.05) is 13.2 Å².